The summed E-state index contributed by atoms with van der Waals surface area (Å²) in [6.45, 7) is 2.40. The van der Waals surface area contributed by atoms with E-state index in [0.717, 1.165) is 0 Å². The van der Waals surface area contributed by atoms with Crippen LogP contribution in [0.1, 0.15) is 0 Å². The molecule has 0 rings (SSSR count). The highest BCUT2D eigenvalue weighted by Gasteiger charge is 2.02. The van der Waals surface area contributed by atoms with E-state index in [4.69, 9.17) is 0 Å². The Bertz CT molecular complexity index is 101. The molecule has 8 heteroatoms. The normalized spacial score (nSPS) is 15.8. The van der Waals surface area contributed by atoms with Gasteiger partial charge in [0.15, 0.2) is 19.7 Å². The second kappa shape index (κ2) is 6.48. The van der Waals surface area contributed by atoms with Gasteiger partial charge in [0, 0.05) is 0 Å². The van der Waals surface area contributed by atoms with Crippen molar-refractivity contribution in [3.63, 3.8) is 0 Å². The highest BCUT2D eigenvalue weighted by atomic mass is 28.4. The van der Waals surface area contributed by atoms with Crippen molar-refractivity contribution in [2.75, 3.05) is 14.1 Å². The van der Waals surface area contributed by atoms with Gasteiger partial charge in [0.2, 0.25) is 0 Å². The zero-order valence-electron chi connectivity index (χ0n) is 8.46. The molecule has 0 saturated heterocycles. The molecule has 3 nitrogen and oxygen atoms in total. The van der Waals surface area contributed by atoms with Crippen LogP contribution in [0.3, 0.4) is 0 Å². The van der Waals surface area contributed by atoms with Gasteiger partial charge in [-0.05, 0) is 14.1 Å². The first-order valence-electron chi connectivity index (χ1n) is 4.08. The van der Waals surface area contributed by atoms with Crippen LogP contribution in [-0.4, -0.2) is 76.6 Å². The number of nitrogens with zero attached hydrogens (tertiary/aromatic N) is 3. The first-order chi connectivity index (χ1) is 5.06. The van der Waals surface area contributed by atoms with Gasteiger partial charge in [0.1, 0.15) is 0 Å². The van der Waals surface area contributed by atoms with Gasteiger partial charge in [-0.2, -0.15) is 0 Å². The van der Waals surface area contributed by atoms with Gasteiger partial charge >= 0.3 is 0 Å². The van der Waals surface area contributed by atoms with Crippen molar-refractivity contribution < 1.29 is 0 Å². The van der Waals surface area contributed by atoms with Crippen LogP contribution in [0.15, 0.2) is 0 Å². The van der Waals surface area contributed by atoms with Crippen LogP contribution in [0.4, 0.5) is 0 Å². The molecule has 0 bridgehead atoms. The molecule has 0 N–H and O–H groups in total. The van der Waals surface area contributed by atoms with E-state index in [1.807, 2.05) is 0 Å². The molecule has 0 aromatic heterocycles. The predicted molar refractivity (Wildman–Crippen MR) is 68.7 cm³/mol. The molecule has 0 aromatic rings. The molecule has 0 saturated carbocycles. The summed E-state index contributed by atoms with van der Waals surface area (Å²) in [4.78, 5) is 0. The van der Waals surface area contributed by atoms with E-state index in [0.29, 0.717) is 0 Å². The van der Waals surface area contributed by atoms with Gasteiger partial charge in [-0.3, -0.25) is 0 Å². The van der Waals surface area contributed by atoms with E-state index in [-0.39, 0.29) is 29.4 Å². The topological polar surface area (TPSA) is 9.72 Å². The van der Waals surface area contributed by atoms with E-state index in [1.165, 1.54) is 20.8 Å². The minimum absolute atomic E-state index is 0.0112. The number of rotatable bonds is 5. The maximum Gasteiger partial charge on any atom is 0.159 e. The van der Waals surface area contributed by atoms with Crippen molar-refractivity contribution >= 4 is 50.2 Å². The van der Waals surface area contributed by atoms with Gasteiger partial charge < -0.3 is 12.4 Å². The fourth-order valence-corrected chi connectivity index (χ4v) is 13.4. The van der Waals surface area contributed by atoms with Crippen LogP contribution in [0.5, 0.6) is 0 Å². The Morgan fingerprint density at radius 2 is 1.64 bits per heavy atom. The zero-order valence-corrected chi connectivity index (χ0v) is 16.7. The standard InChI is InChI=1S/C3H21N3Si5/c1-4(7)10-5(2)11-6(8)9-3/h9-11H2,1-3,7-8H3. The molecule has 11 heavy (non-hydrogen) atoms. The van der Waals surface area contributed by atoms with Crippen LogP contribution in [0, 0.1) is 0 Å². The van der Waals surface area contributed by atoms with E-state index < -0.39 is 0 Å². The van der Waals surface area contributed by atoms with E-state index in [2.05, 4.69) is 33.0 Å². The SMILES string of the molecule is C[SiH2]N([SiH3])[SiH2]N(C)[SiH2]N(C)[SiH3]. The summed E-state index contributed by atoms with van der Waals surface area (Å²) in [6, 6.07) is 0. The molecule has 0 amide bonds. The molecule has 0 aliphatic carbocycles. The van der Waals surface area contributed by atoms with E-state index in [9.17, 15) is 0 Å². The van der Waals surface area contributed by atoms with Crippen LogP contribution in [-0.2, 0) is 0 Å². The summed E-state index contributed by atoms with van der Waals surface area (Å²) in [5.74, 6) is 0. The minimum atomic E-state index is 0.0112. The fraction of sp³-hybridized carbons (Fsp3) is 1.00. The van der Waals surface area contributed by atoms with Crippen molar-refractivity contribution in [2.24, 2.45) is 0 Å². The highest BCUT2D eigenvalue weighted by Crippen LogP contribution is 1.80. The first-order valence-corrected chi connectivity index (χ1v) is 10.4. The predicted octanol–water partition coefficient (Wildman–Crippen LogP) is -5.16. The van der Waals surface area contributed by atoms with Gasteiger partial charge in [-0.25, -0.2) is 0 Å². The summed E-state index contributed by atoms with van der Waals surface area (Å²) in [5.41, 5.74) is 0. The maximum absolute atomic E-state index is 2.75. The Labute approximate surface area is 83.4 Å². The molecule has 0 aliphatic heterocycles. The van der Waals surface area contributed by atoms with Gasteiger partial charge in [-0.15, -0.1) is 0 Å². The third-order valence-electron chi connectivity index (χ3n) is 1.55. The monoisotopic (exact) mass is 239 g/mol. The van der Waals surface area contributed by atoms with Crippen molar-refractivity contribution in [3.8, 4) is 0 Å². The molecule has 0 aliphatic rings. The summed E-state index contributed by atoms with van der Waals surface area (Å²) < 4.78 is 7.92. The quantitative estimate of drug-likeness (QED) is 0.445. The van der Waals surface area contributed by atoms with Crippen LogP contribution < -0.4 is 0 Å². The number of hydrogen-bond acceptors (Lipinski definition) is 3. The van der Waals surface area contributed by atoms with Crippen LogP contribution in [0.25, 0.3) is 0 Å². The third kappa shape index (κ3) is 7.33. The first kappa shape index (κ1) is 12.0. The Balaban J connectivity index is 3.43. The fourth-order valence-electron chi connectivity index (χ4n) is 1.04. The Morgan fingerprint density at radius 3 is 2.00 bits per heavy atom. The Hall–Kier alpha value is 0.964. The molecule has 0 atom stereocenters. The lowest BCUT2D eigenvalue weighted by Gasteiger charge is -2.25. The highest BCUT2D eigenvalue weighted by molar-refractivity contribution is 6.62. The van der Waals surface area contributed by atoms with Crippen molar-refractivity contribution in [2.45, 2.75) is 6.55 Å². The average molecular weight is 240 g/mol. The number of hydrogen-bond donors (Lipinski definition) is 0. The Morgan fingerprint density at radius 1 is 1.09 bits per heavy atom. The molecule has 0 unspecified atom stereocenters. The van der Waals surface area contributed by atoms with Crippen LogP contribution >= 0.6 is 0 Å². The summed E-state index contributed by atoms with van der Waals surface area (Å²) in [7, 11) is 7.39. The van der Waals surface area contributed by atoms with E-state index >= 15 is 0 Å². The molecular formula is C3H21N3Si5. The summed E-state index contributed by atoms with van der Waals surface area (Å²) in [5, 5.41) is 0. The largest absolute Gasteiger partial charge is 0.374 e. The minimum Gasteiger partial charge on any atom is -0.374 e. The second-order valence-electron chi connectivity index (χ2n) is 3.39. The maximum atomic E-state index is 2.75. The zero-order chi connectivity index (χ0) is 8.85. The van der Waals surface area contributed by atoms with Gasteiger partial charge in [-0.1, -0.05) is 6.55 Å². The molecule has 0 aromatic carbocycles. The van der Waals surface area contributed by atoms with Gasteiger partial charge in [0.25, 0.3) is 0 Å². The molecule has 0 fully saturated rings. The third-order valence-corrected chi connectivity index (χ3v) is 11.4. The summed E-state index contributed by atoms with van der Waals surface area (Å²) >= 11 is 0. The lowest BCUT2D eigenvalue weighted by atomic mass is 11.6. The van der Waals surface area contributed by atoms with Crippen molar-refractivity contribution in [1.82, 2.24) is 12.4 Å². The van der Waals surface area contributed by atoms with Crippen LogP contribution in [0.2, 0.25) is 6.55 Å². The molecule has 68 valence electrons. The van der Waals surface area contributed by atoms with Gasteiger partial charge in [0.05, 0.1) is 30.5 Å². The summed E-state index contributed by atoms with van der Waals surface area (Å²) in [6.07, 6.45) is 0. The Kier molecular flexibility index (Phi) is 7.05. The molecule has 0 radical (unpaired) electrons. The average Bonchev–Trinajstić information content (AvgIpc) is 1.85. The van der Waals surface area contributed by atoms with Crippen molar-refractivity contribution in [3.05, 3.63) is 0 Å². The molecule has 0 spiro atoms. The lowest BCUT2D eigenvalue weighted by Crippen LogP contribution is -2.45. The van der Waals surface area contributed by atoms with Crippen molar-refractivity contribution in [1.29, 1.82) is 0 Å². The second-order valence-corrected chi connectivity index (χ2v) is 18.5. The lowest BCUT2D eigenvalue weighted by molar-refractivity contribution is 0.713. The molecular weight excluding hydrogens is 218 g/mol. The van der Waals surface area contributed by atoms with E-state index in [1.54, 1.807) is 0 Å². The molecule has 0 heterocycles. The smallest absolute Gasteiger partial charge is 0.159 e.